The molecule has 1 heterocycles. The van der Waals surface area contributed by atoms with Gasteiger partial charge in [-0.2, -0.15) is 0 Å². The highest BCUT2D eigenvalue weighted by Crippen LogP contribution is 2.37. The molecule has 84 valence electrons. The Kier molecular flexibility index (Phi) is 2.90. The summed E-state index contributed by atoms with van der Waals surface area (Å²) >= 11 is 0. The Labute approximate surface area is 89.1 Å². The molecule has 0 saturated carbocycles. The van der Waals surface area contributed by atoms with Crippen molar-refractivity contribution in [1.29, 1.82) is 0 Å². The number of carboxylic acids is 1. The molecule has 0 radical (unpaired) electrons. The standard InChI is InChI=1S/C11H17NO3/c1-10(2,12)11(3,7-9(13)14)8-5-4-6-15-8/h4-6H,7,12H2,1-3H3,(H,13,14). The number of rotatable bonds is 4. The molecule has 4 nitrogen and oxygen atoms in total. The van der Waals surface area contributed by atoms with Crippen LogP contribution in [0, 0.1) is 0 Å². The van der Waals surface area contributed by atoms with E-state index in [1.54, 1.807) is 32.9 Å². The SMILES string of the molecule is CC(C)(N)C(C)(CC(=O)O)c1ccco1. The van der Waals surface area contributed by atoms with Gasteiger partial charge in [-0.05, 0) is 26.0 Å². The highest BCUT2D eigenvalue weighted by Gasteiger charge is 2.43. The zero-order chi connectivity index (χ0) is 11.7. The lowest BCUT2D eigenvalue weighted by Crippen LogP contribution is -2.53. The van der Waals surface area contributed by atoms with E-state index in [1.807, 2.05) is 0 Å². The van der Waals surface area contributed by atoms with Crippen molar-refractivity contribution in [3.05, 3.63) is 24.2 Å². The lowest BCUT2D eigenvalue weighted by Gasteiger charge is -2.38. The molecule has 4 heteroatoms. The van der Waals surface area contributed by atoms with Crippen LogP contribution in [0.5, 0.6) is 0 Å². The minimum absolute atomic E-state index is 0.0516. The zero-order valence-corrected chi connectivity index (χ0v) is 9.28. The van der Waals surface area contributed by atoms with Crippen molar-refractivity contribution in [1.82, 2.24) is 0 Å². The lowest BCUT2D eigenvalue weighted by atomic mass is 9.69. The van der Waals surface area contributed by atoms with Crippen molar-refractivity contribution < 1.29 is 14.3 Å². The molecule has 0 spiro atoms. The normalized spacial score (nSPS) is 16.0. The Bertz CT molecular complexity index is 337. The van der Waals surface area contributed by atoms with Crippen LogP contribution in [-0.4, -0.2) is 16.6 Å². The van der Waals surface area contributed by atoms with Crippen LogP contribution >= 0.6 is 0 Å². The van der Waals surface area contributed by atoms with Crippen LogP contribution < -0.4 is 5.73 Å². The fourth-order valence-electron chi connectivity index (χ4n) is 1.53. The predicted molar refractivity (Wildman–Crippen MR) is 56.6 cm³/mol. The first-order valence-corrected chi connectivity index (χ1v) is 4.82. The van der Waals surface area contributed by atoms with Crippen LogP contribution in [0.2, 0.25) is 0 Å². The molecular weight excluding hydrogens is 194 g/mol. The largest absolute Gasteiger partial charge is 0.481 e. The van der Waals surface area contributed by atoms with Crippen molar-refractivity contribution >= 4 is 5.97 Å². The molecule has 1 rings (SSSR count). The first-order chi connectivity index (χ1) is 6.77. The fraction of sp³-hybridized carbons (Fsp3) is 0.545. The number of hydrogen-bond acceptors (Lipinski definition) is 3. The summed E-state index contributed by atoms with van der Waals surface area (Å²) < 4.78 is 5.28. The molecule has 0 aliphatic heterocycles. The Morgan fingerprint density at radius 2 is 2.13 bits per heavy atom. The summed E-state index contributed by atoms with van der Waals surface area (Å²) in [4.78, 5) is 10.9. The highest BCUT2D eigenvalue weighted by molar-refractivity contribution is 5.69. The number of carboxylic acid groups (broad SMARTS) is 1. The van der Waals surface area contributed by atoms with E-state index in [0.29, 0.717) is 5.76 Å². The molecule has 1 unspecified atom stereocenters. The highest BCUT2D eigenvalue weighted by atomic mass is 16.4. The molecule has 0 saturated heterocycles. The molecule has 0 fully saturated rings. The van der Waals surface area contributed by atoms with E-state index in [4.69, 9.17) is 15.3 Å². The van der Waals surface area contributed by atoms with Gasteiger partial charge >= 0.3 is 5.97 Å². The van der Waals surface area contributed by atoms with Gasteiger partial charge in [0.1, 0.15) is 5.76 Å². The average molecular weight is 211 g/mol. The molecule has 0 amide bonds. The molecule has 15 heavy (non-hydrogen) atoms. The smallest absolute Gasteiger partial charge is 0.304 e. The first kappa shape index (κ1) is 11.8. The second-order valence-corrected chi connectivity index (χ2v) is 4.60. The number of carbonyl (C=O) groups is 1. The summed E-state index contributed by atoms with van der Waals surface area (Å²) in [6.45, 7) is 5.41. The third-order valence-electron chi connectivity index (χ3n) is 2.99. The Hall–Kier alpha value is -1.29. The summed E-state index contributed by atoms with van der Waals surface area (Å²) in [6, 6.07) is 3.50. The Morgan fingerprint density at radius 3 is 2.47 bits per heavy atom. The van der Waals surface area contributed by atoms with Gasteiger partial charge in [0.05, 0.1) is 18.1 Å². The van der Waals surface area contributed by atoms with E-state index in [1.165, 1.54) is 6.26 Å². The summed E-state index contributed by atoms with van der Waals surface area (Å²) in [5.74, 6) is -0.273. The quantitative estimate of drug-likeness (QED) is 0.795. The van der Waals surface area contributed by atoms with Gasteiger partial charge in [0.25, 0.3) is 0 Å². The molecule has 0 aliphatic rings. The zero-order valence-electron chi connectivity index (χ0n) is 9.28. The van der Waals surface area contributed by atoms with Gasteiger partial charge in [-0.15, -0.1) is 0 Å². The minimum Gasteiger partial charge on any atom is -0.481 e. The topological polar surface area (TPSA) is 76.5 Å². The van der Waals surface area contributed by atoms with Gasteiger partial charge in [-0.3, -0.25) is 4.79 Å². The molecule has 0 aliphatic carbocycles. The van der Waals surface area contributed by atoms with E-state index in [2.05, 4.69) is 0 Å². The summed E-state index contributed by atoms with van der Waals surface area (Å²) in [7, 11) is 0. The Balaban J connectivity index is 3.13. The van der Waals surface area contributed by atoms with Gasteiger partial charge in [0, 0.05) is 5.54 Å². The van der Waals surface area contributed by atoms with E-state index >= 15 is 0 Å². The molecule has 1 atom stereocenters. The van der Waals surface area contributed by atoms with Gasteiger partial charge in [-0.25, -0.2) is 0 Å². The van der Waals surface area contributed by atoms with Gasteiger partial charge in [-0.1, -0.05) is 6.92 Å². The molecule has 3 N–H and O–H groups in total. The monoisotopic (exact) mass is 211 g/mol. The maximum atomic E-state index is 10.9. The molecular formula is C11H17NO3. The van der Waals surface area contributed by atoms with Crippen molar-refractivity contribution in [2.75, 3.05) is 0 Å². The van der Waals surface area contributed by atoms with Gasteiger partial charge < -0.3 is 15.3 Å². The van der Waals surface area contributed by atoms with Crippen LogP contribution in [0.1, 0.15) is 33.0 Å². The van der Waals surface area contributed by atoms with Crippen LogP contribution in [0.25, 0.3) is 0 Å². The maximum Gasteiger partial charge on any atom is 0.304 e. The number of aliphatic carboxylic acids is 1. The maximum absolute atomic E-state index is 10.9. The lowest BCUT2D eigenvalue weighted by molar-refractivity contribution is -0.139. The van der Waals surface area contributed by atoms with E-state index in [0.717, 1.165) is 0 Å². The van der Waals surface area contributed by atoms with E-state index in [9.17, 15) is 4.79 Å². The van der Waals surface area contributed by atoms with E-state index in [-0.39, 0.29) is 6.42 Å². The second-order valence-electron chi connectivity index (χ2n) is 4.60. The summed E-state index contributed by atoms with van der Waals surface area (Å²) in [6.07, 6.45) is 1.48. The second kappa shape index (κ2) is 3.70. The summed E-state index contributed by atoms with van der Waals surface area (Å²) in [5, 5.41) is 8.91. The Morgan fingerprint density at radius 1 is 1.53 bits per heavy atom. The van der Waals surface area contributed by atoms with Crippen LogP contribution in [0.4, 0.5) is 0 Å². The fourth-order valence-corrected chi connectivity index (χ4v) is 1.53. The van der Waals surface area contributed by atoms with E-state index < -0.39 is 16.9 Å². The van der Waals surface area contributed by atoms with Crippen LogP contribution in [0.15, 0.2) is 22.8 Å². The number of hydrogen-bond donors (Lipinski definition) is 2. The number of furan rings is 1. The van der Waals surface area contributed by atoms with Crippen molar-refractivity contribution in [2.24, 2.45) is 5.73 Å². The third kappa shape index (κ3) is 2.21. The molecule has 1 aromatic rings. The molecule has 1 aromatic heterocycles. The predicted octanol–water partition coefficient (Wildman–Crippen LogP) is 1.75. The molecule has 0 bridgehead atoms. The van der Waals surface area contributed by atoms with Crippen molar-refractivity contribution in [3.63, 3.8) is 0 Å². The van der Waals surface area contributed by atoms with Gasteiger partial charge in [0.2, 0.25) is 0 Å². The number of nitrogens with two attached hydrogens (primary N) is 1. The minimum atomic E-state index is -0.882. The third-order valence-corrected chi connectivity index (χ3v) is 2.99. The van der Waals surface area contributed by atoms with Crippen molar-refractivity contribution in [3.8, 4) is 0 Å². The van der Waals surface area contributed by atoms with Crippen LogP contribution in [-0.2, 0) is 10.2 Å². The van der Waals surface area contributed by atoms with Gasteiger partial charge in [0.15, 0.2) is 0 Å². The molecule has 0 aromatic carbocycles. The van der Waals surface area contributed by atoms with Crippen molar-refractivity contribution in [2.45, 2.75) is 38.1 Å². The first-order valence-electron chi connectivity index (χ1n) is 4.82. The average Bonchev–Trinajstić information content (AvgIpc) is 2.51. The summed E-state index contributed by atoms with van der Waals surface area (Å²) in [5.41, 5.74) is 4.66. The van der Waals surface area contributed by atoms with Crippen LogP contribution in [0.3, 0.4) is 0 Å².